The average Bonchev–Trinajstić information content (AvgIpc) is 3.81. The van der Waals surface area contributed by atoms with Gasteiger partial charge in [-0.3, -0.25) is 33.6 Å². The fraction of sp³-hybridized carbons (Fsp3) is 0.482. The smallest absolute Gasteiger partial charge is 0.407 e. The van der Waals surface area contributed by atoms with Gasteiger partial charge in [0, 0.05) is 49.7 Å². The number of carboxylic acid groups (broad SMARTS) is 1. The molecule has 0 saturated carbocycles. The Morgan fingerprint density at radius 3 is 2.13 bits per heavy atom. The summed E-state index contributed by atoms with van der Waals surface area (Å²) in [5.41, 5.74) is 3.04. The first-order valence-corrected chi connectivity index (χ1v) is 28.6. The molecule has 3 aromatic rings. The Balaban J connectivity index is 1.55. The lowest BCUT2D eigenvalue weighted by atomic mass is 9.90. The Labute approximate surface area is 462 Å². The number of carbonyl (C=O) groups is 9. The molecule has 10 N–H and O–H groups in total. The lowest BCUT2D eigenvalue weighted by Crippen LogP contribution is -2.60. The molecule has 1 aliphatic heterocycles. The third-order valence-electron chi connectivity index (χ3n) is 12.8. The molecule has 3 aromatic carbocycles. The summed E-state index contributed by atoms with van der Waals surface area (Å²) in [5.74, 6) is -8.39. The molecule has 22 heteroatoms. The number of amides is 7. The van der Waals surface area contributed by atoms with E-state index in [4.69, 9.17) is 4.74 Å². The highest BCUT2D eigenvalue weighted by Crippen LogP contribution is 2.31. The van der Waals surface area contributed by atoms with Crippen LogP contribution in [0.5, 0.6) is 5.75 Å². The molecule has 7 amide bonds. The largest absolute Gasteiger partial charge is 0.508 e. The maximum atomic E-state index is 15.0. The van der Waals surface area contributed by atoms with E-state index < -0.39 is 108 Å². The molecule has 0 bridgehead atoms. The molecule has 1 saturated heterocycles. The van der Waals surface area contributed by atoms with E-state index in [1.54, 1.807) is 63.2 Å². The monoisotopic (exact) mass is 1120 g/mol. The topological polar surface area (TPSA) is 308 Å². The summed E-state index contributed by atoms with van der Waals surface area (Å²) in [7, 11) is 1.96. The number of alkyl carbamates (subject to hydrolysis) is 1. The van der Waals surface area contributed by atoms with Crippen LogP contribution in [0.1, 0.15) is 102 Å². The van der Waals surface area contributed by atoms with Crippen molar-refractivity contribution >= 4 is 80.4 Å². The van der Waals surface area contributed by atoms with Crippen LogP contribution in [0.4, 0.5) is 4.79 Å². The molecule has 1 heterocycles. The molecule has 1 aliphatic carbocycles. The molecule has 2 aliphatic rings. The van der Waals surface area contributed by atoms with Crippen LogP contribution in [0.2, 0.25) is 0 Å². The number of fused-ring (bicyclic) bond motifs is 1. The van der Waals surface area contributed by atoms with Gasteiger partial charge in [0.25, 0.3) is 0 Å². The molecule has 5 rings (SSSR count). The quantitative estimate of drug-likeness (QED) is 0.0635. The first kappa shape index (κ1) is 61.9. The lowest BCUT2D eigenvalue weighted by Gasteiger charge is -2.28. The lowest BCUT2D eigenvalue weighted by molar-refractivity contribution is -0.142. The number of ketones is 1. The SMILES string of the molecule is CCCC(=O)N[C@H](Cc1ccccc1)C(=O)N[C@H]1CSSC[C@@H](C(=O)O)NC(=O)[C@H]([C@@H](C)O)NC(=O)[C@H](CCCCNC(=O)OC(C)(C)C)NC(=O)[C@@H](CC2=CCc3ccccc32)NC(=O)[C@H](Cc2ccc(O)cc2)CC1=O. The van der Waals surface area contributed by atoms with Crippen LogP contribution in [0.15, 0.2) is 84.9 Å². The van der Waals surface area contributed by atoms with Crippen molar-refractivity contribution in [3.05, 3.63) is 107 Å². The van der Waals surface area contributed by atoms with Crippen LogP contribution < -0.4 is 37.2 Å². The summed E-state index contributed by atoms with van der Waals surface area (Å²) in [6.07, 6.45) is 0.742. The number of phenolic OH excluding ortho intramolecular Hbond substituents is 1. The number of hydrogen-bond acceptors (Lipinski definition) is 14. The normalized spacial score (nSPS) is 21.7. The van der Waals surface area contributed by atoms with Crippen LogP contribution in [0.3, 0.4) is 0 Å². The molecular formula is C56H73N7O13S2. The molecular weight excluding hydrogens is 1040 g/mol. The Morgan fingerprint density at radius 2 is 1.45 bits per heavy atom. The third kappa shape index (κ3) is 20.1. The van der Waals surface area contributed by atoms with Gasteiger partial charge in [-0.25, -0.2) is 9.59 Å². The van der Waals surface area contributed by atoms with Gasteiger partial charge in [-0.05, 0) is 106 Å². The average molecular weight is 1120 g/mol. The van der Waals surface area contributed by atoms with E-state index in [9.17, 15) is 58.5 Å². The summed E-state index contributed by atoms with van der Waals surface area (Å²) in [5, 5.41) is 50.0. The van der Waals surface area contributed by atoms with E-state index in [1.807, 2.05) is 37.3 Å². The van der Waals surface area contributed by atoms with E-state index in [0.717, 1.165) is 38.3 Å². The number of rotatable bonds is 18. The molecule has 20 nitrogen and oxygen atoms in total. The molecule has 422 valence electrons. The second-order valence-corrected chi connectivity index (χ2v) is 22.9. The predicted molar refractivity (Wildman–Crippen MR) is 297 cm³/mol. The molecule has 0 spiro atoms. The molecule has 78 heavy (non-hydrogen) atoms. The van der Waals surface area contributed by atoms with Crippen molar-refractivity contribution in [2.75, 3.05) is 18.1 Å². The van der Waals surface area contributed by atoms with E-state index in [1.165, 1.54) is 19.1 Å². The number of carbonyl (C=O) groups excluding carboxylic acids is 8. The Kier molecular flexibility index (Phi) is 24.1. The Hall–Kier alpha value is -6.91. The summed E-state index contributed by atoms with van der Waals surface area (Å²) < 4.78 is 5.32. The van der Waals surface area contributed by atoms with Crippen molar-refractivity contribution in [2.45, 2.75) is 147 Å². The zero-order valence-electron chi connectivity index (χ0n) is 44.6. The van der Waals surface area contributed by atoms with E-state index in [2.05, 4.69) is 37.2 Å². The number of aliphatic carboxylic acids is 1. The standard InChI is InChI=1S/C56H73N7O13S2/c1-6-14-47(67)58-42(28-34-15-8-7-9-16-34)51(70)61-44-31-77-78-32-45(54(73)74)62-53(72)48(33(2)64)63-50(69)41(19-12-13-26-57-55(75)76-56(3,4)5)59-52(71)43(29-37-23-22-36-17-10-11-18-40(36)37)60-49(68)38(30-46(44)66)27-35-20-24-39(65)25-21-35/h7-11,15-18,20-21,23-25,33,38,41-45,48,64-65H,6,12-14,19,22,26-32H2,1-5H3,(H,57,75)(H,58,67)(H,59,71)(H,60,68)(H,61,70)(H,62,72)(H,63,69)(H,73,74)/t33-,38-,41+,42-,43-,44+,45+,48+/m1/s1. The molecule has 0 unspecified atom stereocenters. The number of carboxylic acids is 1. The van der Waals surface area contributed by atoms with E-state index in [0.29, 0.717) is 30.4 Å². The van der Waals surface area contributed by atoms with Crippen molar-refractivity contribution in [1.29, 1.82) is 0 Å². The summed E-state index contributed by atoms with van der Waals surface area (Å²) in [6, 6.07) is 13.9. The molecule has 8 atom stereocenters. The van der Waals surface area contributed by atoms with Crippen LogP contribution in [0.25, 0.3) is 5.57 Å². The van der Waals surface area contributed by atoms with Gasteiger partial charge in [0.2, 0.25) is 35.4 Å². The van der Waals surface area contributed by atoms with Crippen molar-refractivity contribution in [2.24, 2.45) is 5.92 Å². The minimum absolute atomic E-state index is 0.0481. The van der Waals surface area contributed by atoms with Gasteiger partial charge in [0.15, 0.2) is 5.78 Å². The second kappa shape index (κ2) is 30.3. The summed E-state index contributed by atoms with van der Waals surface area (Å²) >= 11 is 0. The number of nitrogens with one attached hydrogen (secondary N) is 7. The highest BCUT2D eigenvalue weighted by atomic mass is 33.1. The van der Waals surface area contributed by atoms with Crippen molar-refractivity contribution in [1.82, 2.24) is 37.2 Å². The highest BCUT2D eigenvalue weighted by Gasteiger charge is 2.37. The second-order valence-electron chi connectivity index (χ2n) is 20.4. The highest BCUT2D eigenvalue weighted by molar-refractivity contribution is 8.76. The van der Waals surface area contributed by atoms with Crippen molar-refractivity contribution in [3.8, 4) is 5.75 Å². The zero-order valence-corrected chi connectivity index (χ0v) is 46.3. The first-order chi connectivity index (χ1) is 37.1. The number of ether oxygens (including phenoxy) is 1. The number of Topliss-reactive ketones (excluding diaryl/α,β-unsaturated/α-hetero) is 1. The Morgan fingerprint density at radius 1 is 0.782 bits per heavy atom. The number of aromatic hydroxyl groups is 1. The van der Waals surface area contributed by atoms with Gasteiger partial charge in [0.05, 0.1) is 12.1 Å². The fourth-order valence-corrected chi connectivity index (χ4v) is 11.1. The van der Waals surface area contributed by atoms with Gasteiger partial charge < -0.3 is 57.3 Å². The van der Waals surface area contributed by atoms with Crippen molar-refractivity contribution < 1.29 is 63.2 Å². The number of allylic oxidation sites excluding steroid dienone is 1. The number of hydrogen-bond donors (Lipinski definition) is 10. The number of benzene rings is 3. The number of aliphatic hydroxyl groups excluding tert-OH is 1. The van der Waals surface area contributed by atoms with Gasteiger partial charge in [-0.15, -0.1) is 0 Å². The summed E-state index contributed by atoms with van der Waals surface area (Å²) in [6.45, 7) is 8.30. The Bertz CT molecular complexity index is 2610. The fourth-order valence-electron chi connectivity index (χ4n) is 8.71. The maximum absolute atomic E-state index is 15.0. The maximum Gasteiger partial charge on any atom is 0.407 e. The van der Waals surface area contributed by atoms with Gasteiger partial charge in [-0.1, -0.05) is 101 Å². The minimum atomic E-state index is -1.72. The number of aliphatic hydroxyl groups is 1. The van der Waals surface area contributed by atoms with Crippen LogP contribution in [-0.2, 0) is 62.4 Å². The van der Waals surface area contributed by atoms with Gasteiger partial charge in [-0.2, -0.15) is 0 Å². The third-order valence-corrected chi connectivity index (χ3v) is 15.2. The van der Waals surface area contributed by atoms with Crippen LogP contribution in [-0.4, -0.2) is 135 Å². The molecule has 0 radical (unpaired) electrons. The zero-order chi connectivity index (χ0) is 56.9. The molecule has 0 aromatic heterocycles. The number of phenols is 1. The summed E-state index contributed by atoms with van der Waals surface area (Å²) in [4.78, 5) is 125. The van der Waals surface area contributed by atoms with Gasteiger partial charge >= 0.3 is 12.1 Å². The predicted octanol–water partition coefficient (Wildman–Crippen LogP) is 4.05. The number of unbranched alkanes of at least 4 members (excludes halogenated alkanes) is 1. The van der Waals surface area contributed by atoms with E-state index in [-0.39, 0.29) is 68.2 Å². The van der Waals surface area contributed by atoms with Gasteiger partial charge in [0.1, 0.15) is 41.6 Å². The van der Waals surface area contributed by atoms with Crippen molar-refractivity contribution in [3.63, 3.8) is 0 Å². The minimum Gasteiger partial charge on any atom is -0.508 e. The van der Waals surface area contributed by atoms with E-state index >= 15 is 0 Å². The van der Waals surface area contributed by atoms with Crippen LogP contribution in [0, 0.1) is 5.92 Å². The first-order valence-electron chi connectivity index (χ1n) is 26.2. The molecule has 1 fully saturated rings. The van der Waals surface area contributed by atoms with Crippen LogP contribution >= 0.6 is 21.6 Å².